The smallest absolute Gasteiger partial charge is 0.183 e. The van der Waals surface area contributed by atoms with Crippen LogP contribution in [0, 0.1) is 17.5 Å². The first-order valence-corrected chi connectivity index (χ1v) is 11.4. The number of aromatic nitrogens is 2. The van der Waals surface area contributed by atoms with Crippen LogP contribution in [-0.2, 0) is 4.79 Å². The first-order chi connectivity index (χ1) is 16.3. The zero-order valence-corrected chi connectivity index (χ0v) is 19.2. The predicted molar refractivity (Wildman–Crippen MR) is 129 cm³/mol. The summed E-state index contributed by atoms with van der Waals surface area (Å²) >= 11 is 1.32. The van der Waals surface area contributed by atoms with Crippen molar-refractivity contribution in [1.29, 1.82) is 0 Å². The minimum atomic E-state index is -0.760. The van der Waals surface area contributed by atoms with Gasteiger partial charge in [-0.25, -0.2) is 28.1 Å². The molecule has 182 valence electrons. The summed E-state index contributed by atoms with van der Waals surface area (Å²) in [5, 5.41) is 1.57. The third kappa shape index (κ3) is 7.75. The molecule has 1 fully saturated rings. The molecule has 1 saturated carbocycles. The standard InChI is InChI=1S/C11H5F3N4.C6H13N.C5H8N2OS/c12-4-1-5-8(6(13)2-4)17-9(5)11-16-3-7(14)10(15)18-11;7-6-4-2-1-3-5-6;1-7-5(2-8)3-9-4-6/h1-3H,(H2,15,16,18);6H,1-5,7H2;2-3H,1,4,6H2/b;;5-3-. The fourth-order valence-electron chi connectivity index (χ4n) is 3.01. The SMILES string of the molecule is C=N/C(C=O)=C\SCN.NC1CCCCC1.Nc1nc(C2=Nc3c(F)cc(F)cc32)ncc1F. The largest absolute Gasteiger partial charge is 0.381 e. The Kier molecular flexibility index (Phi) is 10.8. The number of halogens is 3. The van der Waals surface area contributed by atoms with Gasteiger partial charge in [0.15, 0.2) is 29.6 Å². The number of carbonyl (C=O) groups is 1. The number of carbonyl (C=O) groups excluding carboxylic acids is 1. The molecular weight excluding hydrogens is 467 g/mol. The lowest BCUT2D eigenvalue weighted by molar-refractivity contribution is -0.104. The summed E-state index contributed by atoms with van der Waals surface area (Å²) in [5.41, 5.74) is 16.9. The third-order valence-corrected chi connectivity index (χ3v) is 5.34. The molecule has 1 aromatic heterocycles. The number of benzene rings is 1. The molecule has 0 saturated heterocycles. The Hall–Kier alpha value is -3.09. The van der Waals surface area contributed by atoms with Crippen LogP contribution in [0.4, 0.5) is 24.7 Å². The van der Waals surface area contributed by atoms with Crippen LogP contribution >= 0.6 is 11.8 Å². The first kappa shape index (κ1) is 27.2. The lowest BCUT2D eigenvalue weighted by Gasteiger charge is -2.17. The number of hydrogen-bond acceptors (Lipinski definition) is 9. The molecule has 0 atom stereocenters. The monoisotopic (exact) mass is 493 g/mol. The number of hydrogen-bond donors (Lipinski definition) is 3. The first-order valence-electron chi connectivity index (χ1n) is 10.4. The van der Waals surface area contributed by atoms with Crippen LogP contribution in [0.25, 0.3) is 0 Å². The fraction of sp³-hybridized carbons (Fsp3) is 0.318. The van der Waals surface area contributed by atoms with Crippen molar-refractivity contribution < 1.29 is 18.0 Å². The second-order valence-electron chi connectivity index (χ2n) is 7.22. The van der Waals surface area contributed by atoms with Gasteiger partial charge in [0, 0.05) is 29.0 Å². The number of fused-ring (bicyclic) bond motifs is 1. The van der Waals surface area contributed by atoms with Crippen molar-refractivity contribution in [2.75, 3.05) is 11.6 Å². The van der Waals surface area contributed by atoms with Crippen LogP contribution in [-0.4, -0.2) is 40.6 Å². The lowest BCUT2D eigenvalue weighted by atomic mass is 9.97. The van der Waals surface area contributed by atoms with Crippen LogP contribution in [0.1, 0.15) is 43.5 Å². The van der Waals surface area contributed by atoms with Crippen molar-refractivity contribution in [2.24, 2.45) is 21.5 Å². The Bertz CT molecular complexity index is 1060. The number of allylic oxidation sites excluding steroid dienone is 1. The van der Waals surface area contributed by atoms with Crippen molar-refractivity contribution in [2.45, 2.75) is 38.1 Å². The van der Waals surface area contributed by atoms with Gasteiger partial charge in [-0.1, -0.05) is 19.3 Å². The Balaban J connectivity index is 0.000000213. The van der Waals surface area contributed by atoms with Gasteiger partial charge in [0.25, 0.3) is 0 Å². The number of aliphatic imine (C=N–C) groups is 2. The highest BCUT2D eigenvalue weighted by Crippen LogP contribution is 2.35. The molecule has 0 radical (unpaired) electrons. The zero-order chi connectivity index (χ0) is 25.1. The van der Waals surface area contributed by atoms with Crippen LogP contribution in [0.5, 0.6) is 0 Å². The topological polar surface area (TPSA) is 146 Å². The van der Waals surface area contributed by atoms with Gasteiger partial charge in [-0.15, -0.1) is 11.8 Å². The van der Waals surface area contributed by atoms with E-state index < -0.39 is 17.5 Å². The Morgan fingerprint density at radius 3 is 2.44 bits per heavy atom. The maximum Gasteiger partial charge on any atom is 0.183 e. The van der Waals surface area contributed by atoms with Gasteiger partial charge >= 0.3 is 0 Å². The lowest BCUT2D eigenvalue weighted by Crippen LogP contribution is -2.22. The molecule has 34 heavy (non-hydrogen) atoms. The van der Waals surface area contributed by atoms with Crippen molar-refractivity contribution in [3.63, 3.8) is 0 Å². The summed E-state index contributed by atoms with van der Waals surface area (Å²) in [6.45, 7) is 3.18. The van der Waals surface area contributed by atoms with Gasteiger partial charge in [0.2, 0.25) is 0 Å². The van der Waals surface area contributed by atoms with E-state index in [0.29, 0.717) is 23.9 Å². The van der Waals surface area contributed by atoms with E-state index >= 15 is 0 Å². The van der Waals surface area contributed by atoms with Gasteiger partial charge in [-0.05, 0) is 25.6 Å². The molecule has 1 aliphatic carbocycles. The van der Waals surface area contributed by atoms with E-state index in [9.17, 15) is 18.0 Å². The van der Waals surface area contributed by atoms with Gasteiger partial charge in [0.05, 0.1) is 6.20 Å². The zero-order valence-electron chi connectivity index (χ0n) is 18.4. The van der Waals surface area contributed by atoms with E-state index in [4.69, 9.17) is 17.2 Å². The number of thioether (sulfide) groups is 1. The normalized spacial score (nSPS) is 14.9. The summed E-state index contributed by atoms with van der Waals surface area (Å²) in [6, 6.07) is 2.39. The molecule has 1 aromatic carbocycles. The van der Waals surface area contributed by atoms with E-state index in [1.54, 1.807) is 5.41 Å². The van der Waals surface area contributed by atoms with E-state index in [0.717, 1.165) is 18.3 Å². The van der Waals surface area contributed by atoms with Gasteiger partial charge < -0.3 is 17.2 Å². The second kappa shape index (κ2) is 13.6. The molecule has 0 bridgehead atoms. The van der Waals surface area contributed by atoms with Gasteiger partial charge in [0.1, 0.15) is 22.9 Å². The number of nitrogen functional groups attached to an aromatic ring is 1. The van der Waals surface area contributed by atoms with Crippen LogP contribution in [0.3, 0.4) is 0 Å². The molecule has 0 spiro atoms. The van der Waals surface area contributed by atoms with E-state index in [1.807, 2.05) is 0 Å². The highest BCUT2D eigenvalue weighted by atomic mass is 32.2. The highest BCUT2D eigenvalue weighted by Gasteiger charge is 2.27. The van der Waals surface area contributed by atoms with Crippen molar-refractivity contribution in [3.05, 3.63) is 58.3 Å². The van der Waals surface area contributed by atoms with E-state index in [1.165, 1.54) is 43.9 Å². The van der Waals surface area contributed by atoms with Crippen molar-refractivity contribution in [3.8, 4) is 0 Å². The highest BCUT2D eigenvalue weighted by molar-refractivity contribution is 8.02. The van der Waals surface area contributed by atoms with Crippen LogP contribution < -0.4 is 17.2 Å². The Morgan fingerprint density at radius 1 is 1.21 bits per heavy atom. The van der Waals surface area contributed by atoms with E-state index in [2.05, 4.69) is 26.7 Å². The average molecular weight is 494 g/mol. The third-order valence-electron chi connectivity index (χ3n) is 4.74. The maximum absolute atomic E-state index is 13.3. The Labute approximate surface area is 199 Å². The maximum atomic E-state index is 13.3. The number of rotatable bonds is 5. The van der Waals surface area contributed by atoms with Crippen molar-refractivity contribution in [1.82, 2.24) is 9.97 Å². The molecule has 6 N–H and O–H groups in total. The number of aldehydes is 1. The number of nitrogens with zero attached hydrogens (tertiary/aromatic N) is 4. The Morgan fingerprint density at radius 2 is 1.91 bits per heavy atom. The average Bonchev–Trinajstić information content (AvgIpc) is 2.80. The molecule has 0 amide bonds. The number of nitrogens with two attached hydrogens (primary N) is 3. The molecule has 12 heteroatoms. The van der Waals surface area contributed by atoms with E-state index in [-0.39, 0.29) is 28.6 Å². The fourth-order valence-corrected chi connectivity index (χ4v) is 3.41. The summed E-state index contributed by atoms with van der Waals surface area (Å²) < 4.78 is 39.2. The second-order valence-corrected chi connectivity index (χ2v) is 8.12. The molecular formula is C22H26F3N7OS. The van der Waals surface area contributed by atoms with Gasteiger partial charge in [-0.2, -0.15) is 0 Å². The van der Waals surface area contributed by atoms with Crippen LogP contribution in [0.2, 0.25) is 0 Å². The molecule has 0 unspecified atom stereocenters. The quantitative estimate of drug-likeness (QED) is 0.213. The number of anilines is 1. The molecule has 2 aromatic rings. The summed E-state index contributed by atoms with van der Waals surface area (Å²) in [6.07, 6.45) is 8.18. The molecule has 8 nitrogen and oxygen atoms in total. The van der Waals surface area contributed by atoms with Crippen LogP contribution in [0.15, 0.2) is 39.4 Å². The predicted octanol–water partition coefficient (Wildman–Crippen LogP) is 3.61. The minimum absolute atomic E-state index is 0.0337. The molecule has 1 aliphatic heterocycles. The van der Waals surface area contributed by atoms with Gasteiger partial charge in [-0.3, -0.25) is 9.79 Å². The molecule has 2 aliphatic rings. The summed E-state index contributed by atoms with van der Waals surface area (Å²) in [5.74, 6) is -2.10. The summed E-state index contributed by atoms with van der Waals surface area (Å²) in [7, 11) is 0. The molecule has 2 heterocycles. The summed E-state index contributed by atoms with van der Waals surface area (Å²) in [4.78, 5) is 24.6. The van der Waals surface area contributed by atoms with Crippen molar-refractivity contribution >= 4 is 42.0 Å². The molecule has 4 rings (SSSR count). The minimum Gasteiger partial charge on any atom is -0.381 e.